The smallest absolute Gasteiger partial charge is 0.230 e. The van der Waals surface area contributed by atoms with Crippen LogP contribution in [-0.4, -0.2) is 31.9 Å². The molecule has 7 heteroatoms. The molecule has 0 aliphatic heterocycles. The van der Waals surface area contributed by atoms with Crippen molar-refractivity contribution >= 4 is 11.6 Å². The van der Waals surface area contributed by atoms with Crippen LogP contribution in [-0.2, 0) is 11.2 Å². The Hall–Kier alpha value is -3.48. The van der Waals surface area contributed by atoms with Crippen LogP contribution in [0.2, 0.25) is 0 Å². The summed E-state index contributed by atoms with van der Waals surface area (Å²) in [6.07, 6.45) is 0.0806. The molecule has 0 atom stereocenters. The van der Waals surface area contributed by atoms with Gasteiger partial charge in [-0.2, -0.15) is 0 Å². The van der Waals surface area contributed by atoms with Gasteiger partial charge >= 0.3 is 0 Å². The molecule has 0 aliphatic carbocycles. The molecule has 0 bridgehead atoms. The number of carbonyl (C=O) groups excluding carboxylic acids is 1. The third-order valence-electron chi connectivity index (χ3n) is 4.03. The lowest BCUT2D eigenvalue weighted by Crippen LogP contribution is -2.15. The van der Waals surface area contributed by atoms with Crippen LogP contribution in [0, 0.1) is 0 Å². The Labute approximate surface area is 163 Å². The van der Waals surface area contributed by atoms with Gasteiger partial charge in [-0.05, 0) is 37.3 Å². The molecule has 1 amide bonds. The van der Waals surface area contributed by atoms with Crippen molar-refractivity contribution in [1.29, 1.82) is 0 Å². The molecule has 0 radical (unpaired) electrons. The molecule has 3 aromatic rings. The van der Waals surface area contributed by atoms with Gasteiger partial charge in [0, 0.05) is 11.6 Å². The molecule has 28 heavy (non-hydrogen) atoms. The predicted molar refractivity (Wildman–Crippen MR) is 105 cm³/mol. The Morgan fingerprint density at radius 2 is 1.82 bits per heavy atom. The van der Waals surface area contributed by atoms with Crippen molar-refractivity contribution in [1.82, 2.24) is 5.16 Å². The second-order valence-electron chi connectivity index (χ2n) is 5.91. The molecule has 0 fully saturated rings. The number of aromatic nitrogens is 1. The highest BCUT2D eigenvalue weighted by molar-refractivity contribution is 5.93. The van der Waals surface area contributed by atoms with Crippen molar-refractivity contribution in [2.24, 2.45) is 0 Å². The lowest BCUT2D eigenvalue weighted by molar-refractivity contribution is -0.115. The first kappa shape index (κ1) is 19.3. The van der Waals surface area contributed by atoms with Crippen LogP contribution in [0.1, 0.15) is 12.6 Å². The minimum absolute atomic E-state index is 0.0806. The standard InChI is InChI=1S/C21H22N2O5/c1-4-27-17-8-6-5-7-16(17)22-21(24)13-15-12-19(28-23-15)14-9-10-18(25-2)20(11-14)26-3/h5-12H,4,13H2,1-3H3,(H,22,24). The summed E-state index contributed by atoms with van der Waals surface area (Å²) < 4.78 is 21.4. The van der Waals surface area contributed by atoms with E-state index in [4.69, 9.17) is 18.7 Å². The van der Waals surface area contributed by atoms with Crippen LogP contribution in [0.25, 0.3) is 11.3 Å². The van der Waals surface area contributed by atoms with Crippen molar-refractivity contribution in [2.75, 3.05) is 26.1 Å². The number of amides is 1. The molecule has 146 valence electrons. The lowest BCUT2D eigenvalue weighted by atomic mass is 10.1. The lowest BCUT2D eigenvalue weighted by Gasteiger charge is -2.10. The molecule has 1 N–H and O–H groups in total. The molecule has 0 spiro atoms. The minimum atomic E-state index is -0.209. The van der Waals surface area contributed by atoms with Gasteiger partial charge in [0.25, 0.3) is 0 Å². The fraction of sp³-hybridized carbons (Fsp3) is 0.238. The Bertz CT molecular complexity index is 951. The van der Waals surface area contributed by atoms with E-state index in [1.165, 1.54) is 0 Å². The molecule has 0 saturated carbocycles. The fourth-order valence-corrected chi connectivity index (χ4v) is 2.73. The molecule has 1 aromatic heterocycles. The molecular formula is C21H22N2O5. The van der Waals surface area contributed by atoms with Gasteiger partial charge in [0.05, 0.1) is 38.6 Å². The van der Waals surface area contributed by atoms with Crippen LogP contribution < -0.4 is 19.5 Å². The number of para-hydroxylation sites is 2. The maximum Gasteiger partial charge on any atom is 0.230 e. The van der Waals surface area contributed by atoms with E-state index in [0.29, 0.717) is 41.0 Å². The van der Waals surface area contributed by atoms with Gasteiger partial charge in [-0.1, -0.05) is 17.3 Å². The minimum Gasteiger partial charge on any atom is -0.493 e. The van der Waals surface area contributed by atoms with Crippen molar-refractivity contribution in [3.05, 3.63) is 54.2 Å². The average molecular weight is 382 g/mol. The highest BCUT2D eigenvalue weighted by atomic mass is 16.5. The van der Waals surface area contributed by atoms with Gasteiger partial charge in [0.2, 0.25) is 5.91 Å². The fourth-order valence-electron chi connectivity index (χ4n) is 2.73. The van der Waals surface area contributed by atoms with Crippen molar-refractivity contribution in [2.45, 2.75) is 13.3 Å². The van der Waals surface area contributed by atoms with Gasteiger partial charge in [-0.15, -0.1) is 0 Å². The number of nitrogens with one attached hydrogen (secondary N) is 1. The maximum atomic E-state index is 12.4. The first-order valence-corrected chi connectivity index (χ1v) is 8.84. The number of rotatable bonds is 8. The monoisotopic (exact) mass is 382 g/mol. The van der Waals surface area contributed by atoms with Crippen LogP contribution in [0.5, 0.6) is 17.2 Å². The molecule has 0 aliphatic rings. The van der Waals surface area contributed by atoms with Gasteiger partial charge in [0.15, 0.2) is 17.3 Å². The second kappa shape index (κ2) is 8.94. The van der Waals surface area contributed by atoms with Crippen molar-refractivity contribution in [3.63, 3.8) is 0 Å². The summed E-state index contributed by atoms with van der Waals surface area (Å²) in [5, 5.41) is 6.84. The summed E-state index contributed by atoms with van der Waals surface area (Å²) in [4.78, 5) is 12.4. The van der Waals surface area contributed by atoms with Crippen molar-refractivity contribution in [3.8, 4) is 28.6 Å². The van der Waals surface area contributed by atoms with E-state index in [1.807, 2.05) is 31.2 Å². The zero-order valence-corrected chi connectivity index (χ0v) is 16.0. The zero-order valence-electron chi connectivity index (χ0n) is 16.0. The Morgan fingerprint density at radius 1 is 1.04 bits per heavy atom. The number of hydrogen-bond acceptors (Lipinski definition) is 6. The maximum absolute atomic E-state index is 12.4. The second-order valence-corrected chi connectivity index (χ2v) is 5.91. The van der Waals surface area contributed by atoms with E-state index in [2.05, 4.69) is 10.5 Å². The molecule has 1 heterocycles. The van der Waals surface area contributed by atoms with E-state index in [1.54, 1.807) is 38.5 Å². The van der Waals surface area contributed by atoms with Crippen LogP contribution in [0.3, 0.4) is 0 Å². The zero-order chi connectivity index (χ0) is 19.9. The molecule has 3 rings (SSSR count). The van der Waals surface area contributed by atoms with Crippen LogP contribution in [0.15, 0.2) is 53.1 Å². The van der Waals surface area contributed by atoms with E-state index in [-0.39, 0.29) is 12.3 Å². The average Bonchev–Trinajstić information content (AvgIpc) is 3.17. The Kier molecular flexibility index (Phi) is 6.16. The summed E-state index contributed by atoms with van der Waals surface area (Å²) in [6, 6.07) is 14.4. The summed E-state index contributed by atoms with van der Waals surface area (Å²) >= 11 is 0. The Balaban J connectivity index is 1.70. The summed E-state index contributed by atoms with van der Waals surface area (Å²) in [5.74, 6) is 2.17. The highest BCUT2D eigenvalue weighted by Crippen LogP contribution is 2.32. The van der Waals surface area contributed by atoms with Crippen LogP contribution in [0.4, 0.5) is 5.69 Å². The first-order valence-electron chi connectivity index (χ1n) is 8.84. The molecule has 0 unspecified atom stereocenters. The number of anilines is 1. The molecule has 0 saturated heterocycles. The van der Waals surface area contributed by atoms with E-state index in [0.717, 1.165) is 5.56 Å². The largest absolute Gasteiger partial charge is 0.493 e. The summed E-state index contributed by atoms with van der Waals surface area (Å²) in [7, 11) is 3.14. The van der Waals surface area contributed by atoms with Gasteiger partial charge in [-0.3, -0.25) is 4.79 Å². The van der Waals surface area contributed by atoms with Gasteiger partial charge < -0.3 is 24.1 Å². The van der Waals surface area contributed by atoms with Crippen molar-refractivity contribution < 1.29 is 23.5 Å². The summed E-state index contributed by atoms with van der Waals surface area (Å²) in [6.45, 7) is 2.41. The topological polar surface area (TPSA) is 82.8 Å². The third-order valence-corrected chi connectivity index (χ3v) is 4.03. The van der Waals surface area contributed by atoms with E-state index in [9.17, 15) is 4.79 Å². The SMILES string of the molecule is CCOc1ccccc1NC(=O)Cc1cc(-c2ccc(OC)c(OC)c2)on1. The third kappa shape index (κ3) is 4.43. The first-order chi connectivity index (χ1) is 13.6. The number of methoxy groups -OCH3 is 2. The molecular weight excluding hydrogens is 360 g/mol. The Morgan fingerprint density at radius 3 is 2.57 bits per heavy atom. The number of hydrogen-bond donors (Lipinski definition) is 1. The molecule has 7 nitrogen and oxygen atoms in total. The number of ether oxygens (including phenoxy) is 3. The normalized spacial score (nSPS) is 10.4. The predicted octanol–water partition coefficient (Wildman–Crippen LogP) is 3.94. The van der Waals surface area contributed by atoms with Gasteiger partial charge in [0.1, 0.15) is 5.75 Å². The number of benzene rings is 2. The van der Waals surface area contributed by atoms with Crippen LogP contribution >= 0.6 is 0 Å². The number of nitrogens with zero attached hydrogens (tertiary/aromatic N) is 1. The van der Waals surface area contributed by atoms with Gasteiger partial charge in [-0.25, -0.2) is 0 Å². The quantitative estimate of drug-likeness (QED) is 0.635. The highest BCUT2D eigenvalue weighted by Gasteiger charge is 2.14. The summed E-state index contributed by atoms with van der Waals surface area (Å²) in [5.41, 5.74) is 1.92. The van der Waals surface area contributed by atoms with E-state index < -0.39 is 0 Å². The number of carbonyl (C=O) groups is 1. The molecule has 2 aromatic carbocycles. The van der Waals surface area contributed by atoms with E-state index >= 15 is 0 Å².